The molecule has 5 rings (SSSR count). The summed E-state index contributed by atoms with van der Waals surface area (Å²) in [5, 5.41) is 11.6. The Kier molecular flexibility index (Phi) is 7.29. The number of carbonyl (C=O) groups excluding carboxylic acids is 1. The minimum atomic E-state index is -4.38. The van der Waals surface area contributed by atoms with E-state index in [0.717, 1.165) is 29.7 Å². The fourth-order valence-electron chi connectivity index (χ4n) is 5.71. The van der Waals surface area contributed by atoms with Crippen LogP contribution in [0.3, 0.4) is 0 Å². The molecule has 1 amide bonds. The lowest BCUT2D eigenvalue weighted by Gasteiger charge is -2.27. The summed E-state index contributed by atoms with van der Waals surface area (Å²) in [6.07, 6.45) is 4.57. The number of aliphatic hydroxyl groups is 1. The number of hydrogen-bond acceptors (Lipinski definition) is 9. The molecule has 11 nitrogen and oxygen atoms in total. The van der Waals surface area contributed by atoms with Gasteiger partial charge in [-0.05, 0) is 63.6 Å². The van der Waals surface area contributed by atoms with Crippen molar-refractivity contribution in [1.29, 1.82) is 0 Å². The molecular formula is C27H35N5O6S. The molecule has 210 valence electrons. The molecule has 0 spiro atoms. The summed E-state index contributed by atoms with van der Waals surface area (Å²) in [4.78, 5) is 23.2. The SMILES string of the molecule is CN(c1ncnc2c1ccn2[C@@H]1C[C@@H](COS(=O)(=O)NC(=O)OC(C)(C)C)[C@@H](O)C1)[C@H]1CCc2ccccc21. The summed E-state index contributed by atoms with van der Waals surface area (Å²) >= 11 is 0. The molecule has 2 aromatic heterocycles. The number of ether oxygens (including phenoxy) is 1. The van der Waals surface area contributed by atoms with Gasteiger partial charge >= 0.3 is 16.4 Å². The van der Waals surface area contributed by atoms with Crippen molar-refractivity contribution in [3.8, 4) is 0 Å². The Morgan fingerprint density at radius 2 is 1.97 bits per heavy atom. The van der Waals surface area contributed by atoms with Crippen molar-refractivity contribution in [2.24, 2.45) is 5.92 Å². The van der Waals surface area contributed by atoms with Gasteiger partial charge in [0.2, 0.25) is 0 Å². The van der Waals surface area contributed by atoms with Crippen LogP contribution in [0.2, 0.25) is 0 Å². The molecule has 0 aliphatic heterocycles. The third kappa shape index (κ3) is 5.87. The Morgan fingerprint density at radius 3 is 2.74 bits per heavy atom. The van der Waals surface area contributed by atoms with Crippen molar-refractivity contribution in [3.05, 3.63) is 54.0 Å². The monoisotopic (exact) mass is 557 g/mol. The normalized spacial score (nSPS) is 23.1. The second kappa shape index (κ2) is 10.4. The zero-order valence-corrected chi connectivity index (χ0v) is 23.4. The van der Waals surface area contributed by atoms with Crippen molar-refractivity contribution in [3.63, 3.8) is 0 Å². The van der Waals surface area contributed by atoms with Crippen LogP contribution >= 0.6 is 0 Å². The molecule has 3 aromatic rings. The largest absolute Gasteiger partial charge is 0.443 e. The second-order valence-corrected chi connectivity index (χ2v) is 12.7. The molecule has 0 saturated heterocycles. The smallest absolute Gasteiger partial charge is 0.423 e. The van der Waals surface area contributed by atoms with Gasteiger partial charge in [0, 0.05) is 25.2 Å². The molecule has 2 aliphatic carbocycles. The number of hydrogen-bond donors (Lipinski definition) is 2. The van der Waals surface area contributed by atoms with E-state index >= 15 is 0 Å². The summed E-state index contributed by atoms with van der Waals surface area (Å²) in [7, 11) is -2.32. The number of benzene rings is 1. The molecule has 39 heavy (non-hydrogen) atoms. The first-order valence-corrected chi connectivity index (χ1v) is 14.5. The zero-order chi connectivity index (χ0) is 27.9. The van der Waals surface area contributed by atoms with Crippen molar-refractivity contribution < 1.29 is 27.2 Å². The Labute approximate surface area is 228 Å². The first kappa shape index (κ1) is 27.4. The van der Waals surface area contributed by atoms with E-state index in [4.69, 9.17) is 8.92 Å². The third-order valence-corrected chi connectivity index (χ3v) is 8.32. The number of fused-ring (bicyclic) bond motifs is 2. The lowest BCUT2D eigenvalue weighted by molar-refractivity contribution is 0.0559. The minimum Gasteiger partial charge on any atom is -0.443 e. The lowest BCUT2D eigenvalue weighted by Crippen LogP contribution is -2.38. The maximum Gasteiger partial charge on any atom is 0.423 e. The van der Waals surface area contributed by atoms with E-state index in [2.05, 4.69) is 46.2 Å². The van der Waals surface area contributed by atoms with Gasteiger partial charge in [0.1, 0.15) is 23.4 Å². The highest BCUT2D eigenvalue weighted by molar-refractivity contribution is 7.85. The predicted molar refractivity (Wildman–Crippen MR) is 145 cm³/mol. The fraction of sp³-hybridized carbons (Fsp3) is 0.519. The molecule has 1 aromatic carbocycles. The third-order valence-electron chi connectivity index (χ3n) is 7.46. The van der Waals surface area contributed by atoms with E-state index in [-0.39, 0.29) is 18.7 Å². The van der Waals surface area contributed by atoms with Gasteiger partial charge in [0.15, 0.2) is 0 Å². The van der Waals surface area contributed by atoms with Crippen molar-refractivity contribution in [2.75, 3.05) is 18.6 Å². The summed E-state index contributed by atoms with van der Waals surface area (Å²) < 4.78 is 38.2. The van der Waals surface area contributed by atoms with E-state index in [0.29, 0.717) is 12.8 Å². The number of nitrogens with one attached hydrogen (secondary N) is 1. The molecule has 0 radical (unpaired) electrons. The number of rotatable bonds is 7. The molecule has 0 unspecified atom stereocenters. The van der Waals surface area contributed by atoms with Crippen molar-refractivity contribution in [1.82, 2.24) is 19.3 Å². The summed E-state index contributed by atoms with van der Waals surface area (Å²) in [5.41, 5.74) is 2.60. The van der Waals surface area contributed by atoms with E-state index < -0.39 is 34.0 Å². The predicted octanol–water partition coefficient (Wildman–Crippen LogP) is 3.65. The van der Waals surface area contributed by atoms with Crippen LogP contribution in [0.1, 0.15) is 63.2 Å². The Hall–Kier alpha value is -3.22. The van der Waals surface area contributed by atoms with E-state index in [1.807, 2.05) is 16.8 Å². The molecule has 1 saturated carbocycles. The molecule has 4 atom stereocenters. The number of aromatic nitrogens is 3. The molecule has 1 fully saturated rings. The highest BCUT2D eigenvalue weighted by atomic mass is 32.2. The summed E-state index contributed by atoms with van der Waals surface area (Å²) in [6.45, 7) is 4.61. The van der Waals surface area contributed by atoms with Crippen LogP contribution in [0.4, 0.5) is 10.6 Å². The number of amides is 1. The maximum absolute atomic E-state index is 12.2. The van der Waals surface area contributed by atoms with Crippen LogP contribution in [-0.4, -0.2) is 59.5 Å². The van der Waals surface area contributed by atoms with E-state index in [1.165, 1.54) is 11.1 Å². The minimum absolute atomic E-state index is 0.104. The number of aliphatic hydroxyl groups excluding tert-OH is 1. The number of aryl methyl sites for hydroxylation is 1. The average molecular weight is 558 g/mol. The van der Waals surface area contributed by atoms with Gasteiger partial charge in [-0.25, -0.2) is 14.8 Å². The van der Waals surface area contributed by atoms with Crippen LogP contribution in [0.15, 0.2) is 42.9 Å². The van der Waals surface area contributed by atoms with E-state index in [9.17, 15) is 18.3 Å². The first-order valence-electron chi connectivity index (χ1n) is 13.1. The number of anilines is 1. The van der Waals surface area contributed by atoms with Gasteiger partial charge in [-0.1, -0.05) is 24.3 Å². The van der Waals surface area contributed by atoms with Crippen LogP contribution in [0.5, 0.6) is 0 Å². The summed E-state index contributed by atoms with van der Waals surface area (Å²) in [5.74, 6) is 0.403. The van der Waals surface area contributed by atoms with Gasteiger partial charge in [0.25, 0.3) is 0 Å². The second-order valence-electron chi connectivity index (χ2n) is 11.3. The van der Waals surface area contributed by atoms with Crippen LogP contribution in [0.25, 0.3) is 11.0 Å². The molecule has 12 heteroatoms. The van der Waals surface area contributed by atoms with Crippen molar-refractivity contribution >= 4 is 33.2 Å². The first-order chi connectivity index (χ1) is 18.4. The molecular weight excluding hydrogens is 522 g/mol. The highest BCUT2D eigenvalue weighted by Crippen LogP contribution is 2.41. The zero-order valence-electron chi connectivity index (χ0n) is 22.6. The molecule has 2 heterocycles. The van der Waals surface area contributed by atoms with Crippen molar-refractivity contribution in [2.45, 2.75) is 70.2 Å². The van der Waals surface area contributed by atoms with Gasteiger partial charge in [0.05, 0.1) is 24.1 Å². The fourth-order valence-corrected chi connectivity index (χ4v) is 6.36. The summed E-state index contributed by atoms with van der Waals surface area (Å²) in [6, 6.07) is 10.6. The molecule has 2 aliphatic rings. The van der Waals surface area contributed by atoms with Gasteiger partial charge in [-0.2, -0.15) is 13.1 Å². The number of carbonyl (C=O) groups is 1. The van der Waals surface area contributed by atoms with E-state index in [1.54, 1.807) is 31.8 Å². The average Bonchev–Trinajstić information content (AvgIpc) is 3.57. The standard InChI is InChI=1S/C27H35N5O6S/c1-27(2,3)38-26(34)30-39(35,36)37-15-18-13-19(14-23(18)33)32-12-11-21-24(28-16-29-25(21)32)31(4)22-10-9-17-7-5-6-8-20(17)22/h5-8,11-12,16,18-19,22-23,33H,9-10,13-15H2,1-4H3,(H,30,34)/t18-,19+,22-,23-/m0/s1. The van der Waals surface area contributed by atoms with Crippen LogP contribution < -0.4 is 9.62 Å². The highest BCUT2D eigenvalue weighted by Gasteiger charge is 2.36. The van der Waals surface area contributed by atoms with Gasteiger partial charge in [-0.15, -0.1) is 0 Å². The Balaban J connectivity index is 1.27. The van der Waals surface area contributed by atoms with Gasteiger partial charge < -0.3 is 19.3 Å². The quantitative estimate of drug-likeness (QED) is 0.446. The Morgan fingerprint density at radius 1 is 1.21 bits per heavy atom. The maximum atomic E-state index is 12.2. The lowest BCUT2D eigenvalue weighted by atomic mass is 10.1. The van der Waals surface area contributed by atoms with Gasteiger partial charge in [-0.3, -0.25) is 4.18 Å². The van der Waals surface area contributed by atoms with Crippen LogP contribution in [0, 0.1) is 5.92 Å². The Bertz CT molecular complexity index is 1470. The molecule has 2 N–H and O–H groups in total. The van der Waals surface area contributed by atoms with Crippen LogP contribution in [-0.2, 0) is 25.6 Å². The molecule has 0 bridgehead atoms. The topological polar surface area (TPSA) is 136 Å². The number of nitrogens with zero attached hydrogens (tertiary/aromatic N) is 4.